The summed E-state index contributed by atoms with van der Waals surface area (Å²) in [7, 11) is 0. The predicted octanol–water partition coefficient (Wildman–Crippen LogP) is 2.74. The maximum absolute atomic E-state index is 4.56. The molecule has 0 atom stereocenters. The second kappa shape index (κ2) is 9.78. The van der Waals surface area contributed by atoms with Gasteiger partial charge in [0.1, 0.15) is 0 Å². The largest absolute Gasteiger partial charge is 0.357 e. The molecule has 108 valence electrons. The van der Waals surface area contributed by atoms with Crippen LogP contribution in [-0.4, -0.2) is 30.6 Å². The normalized spacial score (nSPS) is 11.6. The van der Waals surface area contributed by atoms with Gasteiger partial charge in [0, 0.05) is 31.4 Å². The van der Waals surface area contributed by atoms with Crippen molar-refractivity contribution in [3.63, 3.8) is 0 Å². The van der Waals surface area contributed by atoms with Crippen molar-refractivity contribution in [2.24, 2.45) is 4.99 Å². The molecule has 1 heterocycles. The van der Waals surface area contributed by atoms with E-state index in [1.807, 2.05) is 6.92 Å². The minimum Gasteiger partial charge on any atom is -0.357 e. The van der Waals surface area contributed by atoms with E-state index in [1.54, 1.807) is 11.3 Å². The molecule has 1 aromatic heterocycles. The first-order valence-electron chi connectivity index (χ1n) is 7.19. The summed E-state index contributed by atoms with van der Waals surface area (Å²) < 4.78 is 0. The molecule has 0 spiro atoms. The molecule has 0 aliphatic rings. The second-order valence-electron chi connectivity index (χ2n) is 4.50. The molecule has 0 saturated heterocycles. The van der Waals surface area contributed by atoms with Crippen molar-refractivity contribution in [3.8, 4) is 0 Å². The molecule has 1 aromatic rings. The number of rotatable bonds is 8. The van der Waals surface area contributed by atoms with Gasteiger partial charge >= 0.3 is 0 Å². The number of aliphatic imine (C=N–C) groups is 1. The Morgan fingerprint density at radius 1 is 1.32 bits per heavy atom. The van der Waals surface area contributed by atoms with Gasteiger partial charge in [-0.25, -0.2) is 4.98 Å². The van der Waals surface area contributed by atoms with Crippen LogP contribution in [0.4, 0.5) is 0 Å². The number of aryl methyl sites for hydroxylation is 1. The fourth-order valence-corrected chi connectivity index (χ4v) is 2.37. The number of hydrogen-bond donors (Lipinski definition) is 2. The lowest BCUT2D eigenvalue weighted by molar-refractivity contribution is 0.716. The van der Waals surface area contributed by atoms with Gasteiger partial charge in [0.15, 0.2) is 5.96 Å². The van der Waals surface area contributed by atoms with E-state index in [4.69, 9.17) is 0 Å². The van der Waals surface area contributed by atoms with Crippen molar-refractivity contribution in [2.75, 3.05) is 19.6 Å². The van der Waals surface area contributed by atoms with Crippen molar-refractivity contribution in [1.82, 2.24) is 15.6 Å². The van der Waals surface area contributed by atoms with Crippen LogP contribution in [0.5, 0.6) is 0 Å². The van der Waals surface area contributed by atoms with Crippen molar-refractivity contribution in [3.05, 3.63) is 16.1 Å². The van der Waals surface area contributed by atoms with Gasteiger partial charge in [0.05, 0.1) is 10.7 Å². The Morgan fingerprint density at radius 2 is 2.16 bits per heavy atom. The zero-order valence-corrected chi connectivity index (χ0v) is 13.1. The molecular weight excluding hydrogens is 256 g/mol. The van der Waals surface area contributed by atoms with Crippen molar-refractivity contribution >= 4 is 17.3 Å². The molecule has 0 fully saturated rings. The van der Waals surface area contributed by atoms with Crippen LogP contribution < -0.4 is 10.6 Å². The Hall–Kier alpha value is -1.10. The fourth-order valence-electron chi connectivity index (χ4n) is 1.73. The van der Waals surface area contributed by atoms with Crippen molar-refractivity contribution in [2.45, 2.75) is 46.5 Å². The predicted molar refractivity (Wildman–Crippen MR) is 84.1 cm³/mol. The lowest BCUT2D eigenvalue weighted by Gasteiger charge is -2.10. The number of nitrogens with zero attached hydrogens (tertiary/aromatic N) is 2. The summed E-state index contributed by atoms with van der Waals surface area (Å²) in [6, 6.07) is 0. The molecule has 0 aromatic carbocycles. The summed E-state index contributed by atoms with van der Waals surface area (Å²) in [5.41, 5.74) is 1.16. The molecule has 0 aliphatic heterocycles. The summed E-state index contributed by atoms with van der Waals surface area (Å²) >= 11 is 1.71. The highest BCUT2D eigenvalue weighted by atomic mass is 32.1. The number of guanidine groups is 1. The number of nitrogens with one attached hydrogen (secondary N) is 2. The van der Waals surface area contributed by atoms with E-state index in [1.165, 1.54) is 19.3 Å². The van der Waals surface area contributed by atoms with E-state index >= 15 is 0 Å². The van der Waals surface area contributed by atoms with E-state index in [-0.39, 0.29) is 0 Å². The quantitative estimate of drug-likeness (QED) is 0.438. The first-order valence-corrected chi connectivity index (χ1v) is 8.07. The van der Waals surface area contributed by atoms with E-state index < -0.39 is 0 Å². The summed E-state index contributed by atoms with van der Waals surface area (Å²) in [6.45, 7) is 9.02. The Bertz CT molecular complexity index is 373. The lowest BCUT2D eigenvalue weighted by Crippen LogP contribution is -2.38. The molecule has 0 radical (unpaired) electrons. The van der Waals surface area contributed by atoms with Gasteiger partial charge in [0.25, 0.3) is 0 Å². The maximum atomic E-state index is 4.56. The zero-order chi connectivity index (χ0) is 13.9. The molecule has 0 unspecified atom stereocenters. The molecule has 0 aliphatic carbocycles. The highest BCUT2D eigenvalue weighted by Gasteiger charge is 2.00. The Morgan fingerprint density at radius 3 is 2.79 bits per heavy atom. The van der Waals surface area contributed by atoms with E-state index in [0.717, 1.165) is 42.7 Å². The van der Waals surface area contributed by atoms with Crippen LogP contribution in [0.2, 0.25) is 0 Å². The van der Waals surface area contributed by atoms with Crippen molar-refractivity contribution in [1.29, 1.82) is 0 Å². The SMILES string of the molecule is CCCCCN=C(NCC)NCCc1csc(C)n1. The smallest absolute Gasteiger partial charge is 0.191 e. The van der Waals surface area contributed by atoms with Crippen molar-refractivity contribution < 1.29 is 0 Å². The van der Waals surface area contributed by atoms with Crippen LogP contribution in [0.3, 0.4) is 0 Å². The van der Waals surface area contributed by atoms with Crippen LogP contribution in [-0.2, 0) is 6.42 Å². The third-order valence-corrected chi connectivity index (χ3v) is 3.54. The number of unbranched alkanes of at least 4 members (excludes halogenated alkanes) is 2. The van der Waals surface area contributed by atoms with Gasteiger partial charge < -0.3 is 10.6 Å². The van der Waals surface area contributed by atoms with Crippen LogP contribution in [0, 0.1) is 6.92 Å². The van der Waals surface area contributed by atoms with Gasteiger partial charge in [-0.3, -0.25) is 4.99 Å². The number of hydrogen-bond acceptors (Lipinski definition) is 3. The summed E-state index contributed by atoms with van der Waals surface area (Å²) in [5.74, 6) is 0.922. The molecule has 19 heavy (non-hydrogen) atoms. The Labute approximate surface area is 120 Å². The van der Waals surface area contributed by atoms with E-state index in [0.29, 0.717) is 0 Å². The van der Waals surface area contributed by atoms with Gasteiger partial charge in [0.2, 0.25) is 0 Å². The average molecular weight is 282 g/mol. The lowest BCUT2D eigenvalue weighted by atomic mass is 10.2. The van der Waals surface area contributed by atoms with E-state index in [2.05, 4.69) is 39.8 Å². The first kappa shape index (κ1) is 16.0. The minimum atomic E-state index is 0.878. The van der Waals surface area contributed by atoms with Gasteiger partial charge in [-0.1, -0.05) is 19.8 Å². The molecule has 0 bridgehead atoms. The topological polar surface area (TPSA) is 49.3 Å². The van der Waals surface area contributed by atoms with E-state index in [9.17, 15) is 0 Å². The Balaban J connectivity index is 2.28. The number of thiazole rings is 1. The molecule has 2 N–H and O–H groups in total. The highest BCUT2D eigenvalue weighted by Crippen LogP contribution is 2.07. The summed E-state index contributed by atoms with van der Waals surface area (Å²) in [5, 5.41) is 9.89. The van der Waals surface area contributed by atoms with Crippen LogP contribution in [0.1, 0.15) is 43.8 Å². The van der Waals surface area contributed by atoms with Crippen LogP contribution >= 0.6 is 11.3 Å². The molecule has 1 rings (SSSR count). The molecular formula is C14H26N4S. The third kappa shape index (κ3) is 7.15. The monoisotopic (exact) mass is 282 g/mol. The summed E-state index contributed by atoms with van der Waals surface area (Å²) in [4.78, 5) is 9.02. The molecule has 4 nitrogen and oxygen atoms in total. The average Bonchev–Trinajstić information content (AvgIpc) is 2.80. The van der Waals surface area contributed by atoms with Gasteiger partial charge in [-0.2, -0.15) is 0 Å². The number of aromatic nitrogens is 1. The van der Waals surface area contributed by atoms with Crippen LogP contribution in [0.25, 0.3) is 0 Å². The maximum Gasteiger partial charge on any atom is 0.191 e. The molecule has 5 heteroatoms. The third-order valence-electron chi connectivity index (χ3n) is 2.72. The zero-order valence-electron chi connectivity index (χ0n) is 12.3. The summed E-state index contributed by atoms with van der Waals surface area (Å²) in [6.07, 6.45) is 4.60. The Kier molecular flexibility index (Phi) is 8.21. The standard InChI is InChI=1S/C14H26N4S/c1-4-6-7-9-16-14(15-5-2)17-10-8-13-11-19-12(3)18-13/h11H,4-10H2,1-3H3,(H2,15,16,17). The first-order chi connectivity index (χ1) is 9.26. The molecule has 0 amide bonds. The fraction of sp³-hybridized carbons (Fsp3) is 0.714. The second-order valence-corrected chi connectivity index (χ2v) is 5.56. The van der Waals surface area contributed by atoms with Gasteiger partial charge in [-0.05, 0) is 20.3 Å². The van der Waals surface area contributed by atoms with Crippen LogP contribution in [0.15, 0.2) is 10.4 Å². The molecule has 0 saturated carbocycles. The minimum absolute atomic E-state index is 0.878. The highest BCUT2D eigenvalue weighted by molar-refractivity contribution is 7.09. The van der Waals surface area contributed by atoms with Gasteiger partial charge in [-0.15, -0.1) is 11.3 Å².